The quantitative estimate of drug-likeness (QED) is 0.443. The molecule has 8 heteroatoms. The third-order valence-electron chi connectivity index (χ3n) is 1.84. The van der Waals surface area contributed by atoms with Crippen LogP contribution in [0.3, 0.4) is 0 Å². The van der Waals surface area contributed by atoms with Crippen molar-refractivity contribution in [1.82, 2.24) is 4.98 Å². The van der Waals surface area contributed by atoms with Crippen molar-refractivity contribution in [2.45, 2.75) is 18.5 Å². The number of pyridine rings is 1. The van der Waals surface area contributed by atoms with Crippen molar-refractivity contribution >= 4 is 23.2 Å². The lowest BCUT2D eigenvalue weighted by molar-refractivity contribution is -0.138. The minimum Gasteiger partial charge on any atom is -0.243 e. The molecule has 0 saturated heterocycles. The molecule has 0 atom stereocenters. The first-order valence-corrected chi connectivity index (χ1v) is 4.78. The zero-order chi connectivity index (χ0) is 12.5. The van der Waals surface area contributed by atoms with Crippen LogP contribution in [0.25, 0.3) is 0 Å². The average Bonchev–Trinajstić information content (AvgIpc) is 2.14. The van der Waals surface area contributed by atoms with Crippen molar-refractivity contribution in [1.29, 1.82) is 0 Å². The summed E-state index contributed by atoms with van der Waals surface area (Å²) < 4.78 is 62.3. The largest absolute Gasteiger partial charge is 0.418 e. The molecule has 16 heavy (non-hydrogen) atoms. The predicted molar refractivity (Wildman–Crippen MR) is 48.8 cm³/mol. The van der Waals surface area contributed by atoms with Gasteiger partial charge >= 0.3 is 6.18 Å². The van der Waals surface area contributed by atoms with Gasteiger partial charge in [-0.25, -0.2) is 13.8 Å². The van der Waals surface area contributed by atoms with E-state index in [2.05, 4.69) is 4.98 Å². The third-order valence-corrected chi connectivity index (χ3v) is 2.41. The molecule has 0 bridgehead atoms. The van der Waals surface area contributed by atoms with Gasteiger partial charge in [0.1, 0.15) is 5.15 Å². The van der Waals surface area contributed by atoms with E-state index in [9.17, 15) is 22.0 Å². The van der Waals surface area contributed by atoms with E-state index < -0.39 is 40.3 Å². The zero-order valence-electron chi connectivity index (χ0n) is 7.45. The van der Waals surface area contributed by atoms with Crippen molar-refractivity contribution in [2.75, 3.05) is 0 Å². The highest BCUT2D eigenvalue weighted by molar-refractivity contribution is 6.30. The minimum absolute atomic E-state index is 0.395. The molecule has 1 aromatic heterocycles. The van der Waals surface area contributed by atoms with Gasteiger partial charge in [0.15, 0.2) is 0 Å². The van der Waals surface area contributed by atoms with Crippen molar-refractivity contribution in [3.05, 3.63) is 28.0 Å². The van der Waals surface area contributed by atoms with Crippen LogP contribution in [-0.2, 0) is 12.1 Å². The summed E-state index contributed by atoms with van der Waals surface area (Å²) in [4.78, 5) is 3.08. The highest BCUT2D eigenvalue weighted by Gasteiger charge is 2.36. The lowest BCUT2D eigenvalue weighted by atomic mass is 10.1. The average molecular weight is 280 g/mol. The molecule has 0 aliphatic heterocycles. The van der Waals surface area contributed by atoms with Crippen LogP contribution in [0.1, 0.15) is 23.1 Å². The van der Waals surface area contributed by atoms with Gasteiger partial charge in [-0.05, 0) is 5.56 Å². The van der Waals surface area contributed by atoms with Gasteiger partial charge in [0.25, 0.3) is 6.43 Å². The first-order chi connectivity index (χ1) is 7.29. The van der Waals surface area contributed by atoms with E-state index in [1.54, 1.807) is 0 Å². The number of alkyl halides is 6. The lowest BCUT2D eigenvalue weighted by Crippen LogP contribution is -2.12. The summed E-state index contributed by atoms with van der Waals surface area (Å²) in [7, 11) is 0. The fourth-order valence-corrected chi connectivity index (χ4v) is 1.68. The predicted octanol–water partition coefficient (Wildman–Crippen LogP) is 4.43. The zero-order valence-corrected chi connectivity index (χ0v) is 8.97. The van der Waals surface area contributed by atoms with E-state index in [0.29, 0.717) is 6.20 Å². The molecule has 0 aromatic carbocycles. The third kappa shape index (κ3) is 2.55. The van der Waals surface area contributed by atoms with Gasteiger partial charge in [0.2, 0.25) is 0 Å². The summed E-state index contributed by atoms with van der Waals surface area (Å²) in [6, 6.07) is 0. The van der Waals surface area contributed by atoms with Gasteiger partial charge < -0.3 is 0 Å². The summed E-state index contributed by atoms with van der Waals surface area (Å²) in [5.41, 5.74) is -2.99. The standard InChI is InChI=1S/C8H4Cl2F5N/c9-1-3-4(8(13,14)15)2-16-6(10)5(3)7(11)12/h2,7H,1H2. The van der Waals surface area contributed by atoms with Crippen LogP contribution in [-0.4, -0.2) is 4.98 Å². The minimum atomic E-state index is -4.79. The Labute approximate surface area is 97.2 Å². The van der Waals surface area contributed by atoms with E-state index in [-0.39, 0.29) is 0 Å². The Morgan fingerprint density at radius 1 is 1.31 bits per heavy atom. The van der Waals surface area contributed by atoms with E-state index in [1.165, 1.54) is 0 Å². The Hall–Kier alpha value is -0.620. The van der Waals surface area contributed by atoms with Gasteiger partial charge in [-0.2, -0.15) is 13.2 Å². The molecule has 0 fully saturated rings. The van der Waals surface area contributed by atoms with Crippen LogP contribution in [0.4, 0.5) is 22.0 Å². The van der Waals surface area contributed by atoms with Crippen LogP contribution in [0, 0.1) is 0 Å². The molecular weight excluding hydrogens is 276 g/mol. The van der Waals surface area contributed by atoms with E-state index in [4.69, 9.17) is 23.2 Å². The van der Waals surface area contributed by atoms with Crippen molar-refractivity contribution in [3.63, 3.8) is 0 Å². The first kappa shape index (κ1) is 13.4. The second-order valence-electron chi connectivity index (χ2n) is 2.79. The maximum absolute atomic E-state index is 12.5. The number of halogens is 7. The summed E-state index contributed by atoms with van der Waals surface area (Å²) in [5.74, 6) is -0.712. The van der Waals surface area contributed by atoms with Crippen LogP contribution in [0.15, 0.2) is 6.20 Å². The smallest absolute Gasteiger partial charge is 0.243 e. The number of nitrogens with zero attached hydrogens (tertiary/aromatic N) is 1. The molecule has 1 rings (SSSR count). The number of aromatic nitrogens is 1. The lowest BCUT2D eigenvalue weighted by Gasteiger charge is -2.15. The first-order valence-electron chi connectivity index (χ1n) is 3.87. The molecule has 1 heterocycles. The second kappa shape index (κ2) is 4.71. The van der Waals surface area contributed by atoms with E-state index >= 15 is 0 Å². The molecule has 0 spiro atoms. The monoisotopic (exact) mass is 279 g/mol. The van der Waals surface area contributed by atoms with Crippen LogP contribution >= 0.6 is 23.2 Å². The Kier molecular flexibility index (Phi) is 3.96. The molecule has 90 valence electrons. The highest BCUT2D eigenvalue weighted by Crippen LogP contribution is 2.38. The maximum atomic E-state index is 12.5. The second-order valence-corrected chi connectivity index (χ2v) is 3.41. The van der Waals surface area contributed by atoms with Crippen LogP contribution in [0.2, 0.25) is 5.15 Å². The maximum Gasteiger partial charge on any atom is 0.418 e. The normalized spacial score (nSPS) is 12.2. The Morgan fingerprint density at radius 2 is 1.88 bits per heavy atom. The highest BCUT2D eigenvalue weighted by atomic mass is 35.5. The number of rotatable bonds is 2. The molecule has 1 aromatic rings. The van der Waals surface area contributed by atoms with E-state index in [1.807, 2.05) is 0 Å². The summed E-state index contributed by atoms with van der Waals surface area (Å²) in [5, 5.41) is -0.668. The SMILES string of the molecule is FC(F)c1c(Cl)ncc(C(F)(F)F)c1CCl. The Bertz CT molecular complexity index is 391. The molecule has 0 aliphatic carbocycles. The topological polar surface area (TPSA) is 12.9 Å². The Balaban J connectivity index is 3.49. The van der Waals surface area contributed by atoms with Crippen molar-refractivity contribution < 1.29 is 22.0 Å². The van der Waals surface area contributed by atoms with Gasteiger partial charge in [0, 0.05) is 12.1 Å². The molecule has 0 amide bonds. The Morgan fingerprint density at radius 3 is 2.25 bits per heavy atom. The molecule has 0 unspecified atom stereocenters. The van der Waals surface area contributed by atoms with Crippen molar-refractivity contribution in [3.8, 4) is 0 Å². The fourth-order valence-electron chi connectivity index (χ4n) is 1.15. The molecule has 0 N–H and O–H groups in total. The van der Waals surface area contributed by atoms with Crippen LogP contribution in [0.5, 0.6) is 0 Å². The summed E-state index contributed by atoms with van der Waals surface area (Å²) >= 11 is 10.5. The van der Waals surface area contributed by atoms with Crippen LogP contribution < -0.4 is 0 Å². The molecular formula is C8H4Cl2F5N. The molecule has 1 nitrogen and oxygen atoms in total. The molecule has 0 saturated carbocycles. The van der Waals surface area contributed by atoms with Gasteiger partial charge in [-0.1, -0.05) is 11.6 Å². The van der Waals surface area contributed by atoms with E-state index in [0.717, 1.165) is 0 Å². The number of hydrogen-bond donors (Lipinski definition) is 0. The summed E-state index contributed by atoms with van der Waals surface area (Å²) in [6.45, 7) is 0. The van der Waals surface area contributed by atoms with Gasteiger partial charge in [0.05, 0.1) is 11.1 Å². The number of hydrogen-bond acceptors (Lipinski definition) is 1. The fraction of sp³-hybridized carbons (Fsp3) is 0.375. The molecule has 0 radical (unpaired) electrons. The van der Waals surface area contributed by atoms with Crippen molar-refractivity contribution in [2.24, 2.45) is 0 Å². The van der Waals surface area contributed by atoms with Gasteiger partial charge in [-0.15, -0.1) is 11.6 Å². The summed E-state index contributed by atoms with van der Waals surface area (Å²) in [6.07, 6.45) is -7.55. The molecule has 0 aliphatic rings. The van der Waals surface area contributed by atoms with Gasteiger partial charge in [-0.3, -0.25) is 0 Å².